The number of aryl methyl sites for hydroxylation is 2. The minimum absolute atomic E-state index is 0. The summed E-state index contributed by atoms with van der Waals surface area (Å²) in [5, 5.41) is 7.99. The molecule has 4 nitrogen and oxygen atoms in total. The summed E-state index contributed by atoms with van der Waals surface area (Å²) >= 11 is 1.75. The molecule has 1 aliphatic carbocycles. The van der Waals surface area contributed by atoms with E-state index in [1.54, 1.807) is 11.3 Å². The lowest BCUT2D eigenvalue weighted by molar-refractivity contribution is 0.614. The van der Waals surface area contributed by atoms with E-state index in [4.69, 9.17) is 0 Å². The topological polar surface area (TPSA) is 49.3 Å². The van der Waals surface area contributed by atoms with Gasteiger partial charge < -0.3 is 10.6 Å². The molecule has 19 heavy (non-hydrogen) atoms. The maximum atomic E-state index is 4.44. The van der Waals surface area contributed by atoms with Gasteiger partial charge in [-0.2, -0.15) is 0 Å². The summed E-state index contributed by atoms with van der Waals surface area (Å²) in [6.45, 7) is 4.92. The van der Waals surface area contributed by atoms with Crippen LogP contribution in [0.3, 0.4) is 0 Å². The minimum Gasteiger partial charge on any atom is -0.354 e. The first-order valence-corrected chi connectivity index (χ1v) is 7.41. The van der Waals surface area contributed by atoms with Crippen molar-refractivity contribution in [2.24, 2.45) is 4.99 Å². The lowest BCUT2D eigenvalue weighted by atomic mass is 10.2. The molecule has 0 radical (unpaired) electrons. The number of halogens is 1. The van der Waals surface area contributed by atoms with E-state index in [2.05, 4.69) is 27.5 Å². The minimum atomic E-state index is 0. The van der Waals surface area contributed by atoms with Crippen LogP contribution in [0.5, 0.6) is 0 Å². The molecular formula is C13H23IN4S. The zero-order valence-electron chi connectivity index (χ0n) is 11.8. The Kier molecular flexibility index (Phi) is 7.06. The third kappa shape index (κ3) is 4.91. The van der Waals surface area contributed by atoms with E-state index in [1.165, 1.54) is 30.6 Å². The van der Waals surface area contributed by atoms with Gasteiger partial charge in [0.25, 0.3) is 0 Å². The van der Waals surface area contributed by atoms with Crippen molar-refractivity contribution in [2.75, 3.05) is 7.05 Å². The van der Waals surface area contributed by atoms with Crippen LogP contribution in [0.4, 0.5) is 0 Å². The summed E-state index contributed by atoms with van der Waals surface area (Å²) in [7, 11) is 1.83. The van der Waals surface area contributed by atoms with Gasteiger partial charge in [-0.3, -0.25) is 4.99 Å². The maximum absolute atomic E-state index is 4.44. The molecule has 0 unspecified atom stereocenters. The van der Waals surface area contributed by atoms with Crippen molar-refractivity contribution in [1.29, 1.82) is 0 Å². The van der Waals surface area contributed by atoms with E-state index in [0.717, 1.165) is 23.2 Å². The molecule has 0 bridgehead atoms. The van der Waals surface area contributed by atoms with E-state index in [1.807, 2.05) is 14.0 Å². The van der Waals surface area contributed by atoms with Crippen molar-refractivity contribution >= 4 is 41.3 Å². The van der Waals surface area contributed by atoms with Crippen LogP contribution in [0.25, 0.3) is 0 Å². The van der Waals surface area contributed by atoms with Gasteiger partial charge in [0.05, 0.1) is 17.2 Å². The number of rotatable bonds is 3. The Bertz CT molecular complexity index is 424. The van der Waals surface area contributed by atoms with E-state index < -0.39 is 0 Å². The Balaban J connectivity index is 0.00000180. The molecule has 108 valence electrons. The van der Waals surface area contributed by atoms with Crippen LogP contribution in [-0.4, -0.2) is 24.0 Å². The summed E-state index contributed by atoms with van der Waals surface area (Å²) in [5.41, 5.74) is 1.13. The fraction of sp³-hybridized carbons (Fsp3) is 0.692. The fourth-order valence-electron chi connectivity index (χ4n) is 2.36. The molecule has 0 aromatic carbocycles. The Morgan fingerprint density at radius 2 is 2.05 bits per heavy atom. The highest BCUT2D eigenvalue weighted by Gasteiger charge is 2.16. The maximum Gasteiger partial charge on any atom is 0.191 e. The van der Waals surface area contributed by atoms with Crippen LogP contribution >= 0.6 is 35.3 Å². The average molecular weight is 394 g/mol. The normalized spacial score (nSPS) is 16.3. The van der Waals surface area contributed by atoms with Crippen LogP contribution in [0.2, 0.25) is 0 Å². The highest BCUT2D eigenvalue weighted by Crippen LogP contribution is 2.18. The Hall–Kier alpha value is -0.370. The molecule has 1 heterocycles. The number of thiazole rings is 1. The van der Waals surface area contributed by atoms with Crippen molar-refractivity contribution in [3.8, 4) is 0 Å². The lowest BCUT2D eigenvalue weighted by Gasteiger charge is -2.16. The number of aromatic nitrogens is 1. The Morgan fingerprint density at radius 1 is 1.37 bits per heavy atom. The average Bonchev–Trinajstić information content (AvgIpc) is 2.94. The molecule has 2 rings (SSSR count). The molecule has 6 heteroatoms. The molecule has 1 fully saturated rings. The van der Waals surface area contributed by atoms with Gasteiger partial charge in [-0.05, 0) is 26.7 Å². The van der Waals surface area contributed by atoms with Crippen LogP contribution in [0.1, 0.15) is 41.3 Å². The predicted molar refractivity (Wildman–Crippen MR) is 92.6 cm³/mol. The Labute approximate surface area is 136 Å². The number of nitrogens with one attached hydrogen (secondary N) is 2. The SMILES string of the molecule is CN=C(NCc1sc(C)nc1C)NC1CCCC1.I. The van der Waals surface area contributed by atoms with Gasteiger partial charge in [0.2, 0.25) is 0 Å². The second-order valence-electron chi connectivity index (χ2n) is 4.79. The van der Waals surface area contributed by atoms with Gasteiger partial charge in [-0.1, -0.05) is 12.8 Å². The van der Waals surface area contributed by atoms with Crippen molar-refractivity contribution < 1.29 is 0 Å². The number of hydrogen-bond acceptors (Lipinski definition) is 3. The zero-order chi connectivity index (χ0) is 13.0. The van der Waals surface area contributed by atoms with Crippen molar-refractivity contribution in [2.45, 2.75) is 52.1 Å². The van der Waals surface area contributed by atoms with Crippen molar-refractivity contribution in [3.63, 3.8) is 0 Å². The molecule has 1 aliphatic rings. The lowest BCUT2D eigenvalue weighted by Crippen LogP contribution is -2.41. The van der Waals surface area contributed by atoms with Gasteiger partial charge in [0.15, 0.2) is 5.96 Å². The third-order valence-corrected chi connectivity index (χ3v) is 4.41. The molecule has 2 N–H and O–H groups in total. The molecule has 0 aliphatic heterocycles. The highest BCUT2D eigenvalue weighted by molar-refractivity contribution is 14.0. The third-order valence-electron chi connectivity index (χ3n) is 3.34. The van der Waals surface area contributed by atoms with Gasteiger partial charge in [0, 0.05) is 18.0 Å². The number of nitrogens with zero attached hydrogens (tertiary/aromatic N) is 2. The van der Waals surface area contributed by atoms with E-state index >= 15 is 0 Å². The van der Waals surface area contributed by atoms with Gasteiger partial charge in [-0.15, -0.1) is 35.3 Å². The number of guanidine groups is 1. The number of aliphatic imine (C=N–C) groups is 1. The van der Waals surface area contributed by atoms with Crippen LogP contribution < -0.4 is 10.6 Å². The molecule has 1 aromatic heterocycles. The molecule has 0 spiro atoms. The summed E-state index contributed by atoms with van der Waals surface area (Å²) in [5.74, 6) is 0.910. The van der Waals surface area contributed by atoms with Gasteiger partial charge >= 0.3 is 0 Å². The van der Waals surface area contributed by atoms with E-state index in [0.29, 0.717) is 6.04 Å². The fourth-order valence-corrected chi connectivity index (χ4v) is 3.24. The molecule has 0 atom stereocenters. The largest absolute Gasteiger partial charge is 0.354 e. The Morgan fingerprint density at radius 3 is 2.58 bits per heavy atom. The van der Waals surface area contributed by atoms with Gasteiger partial charge in [0.1, 0.15) is 0 Å². The monoisotopic (exact) mass is 394 g/mol. The number of hydrogen-bond donors (Lipinski definition) is 2. The van der Waals surface area contributed by atoms with Crippen LogP contribution in [0, 0.1) is 13.8 Å². The van der Waals surface area contributed by atoms with Crippen molar-refractivity contribution in [3.05, 3.63) is 15.6 Å². The summed E-state index contributed by atoms with van der Waals surface area (Å²) in [6.07, 6.45) is 5.20. The van der Waals surface area contributed by atoms with Crippen LogP contribution in [0.15, 0.2) is 4.99 Å². The van der Waals surface area contributed by atoms with Crippen LogP contribution in [-0.2, 0) is 6.54 Å². The van der Waals surface area contributed by atoms with E-state index in [-0.39, 0.29) is 24.0 Å². The van der Waals surface area contributed by atoms with E-state index in [9.17, 15) is 0 Å². The first kappa shape index (κ1) is 16.7. The standard InChI is InChI=1S/C13H22N4S.HI/c1-9-12(18-10(2)16-9)8-15-13(14-3)17-11-6-4-5-7-11;/h11H,4-8H2,1-3H3,(H2,14,15,17);1H. The smallest absolute Gasteiger partial charge is 0.191 e. The summed E-state index contributed by atoms with van der Waals surface area (Å²) < 4.78 is 0. The molecule has 1 aromatic rings. The molecule has 1 saturated carbocycles. The molecular weight excluding hydrogens is 371 g/mol. The quantitative estimate of drug-likeness (QED) is 0.471. The second-order valence-corrected chi connectivity index (χ2v) is 6.08. The predicted octanol–water partition coefficient (Wildman–Crippen LogP) is 2.99. The second kappa shape index (κ2) is 8.04. The van der Waals surface area contributed by atoms with Gasteiger partial charge in [-0.25, -0.2) is 4.98 Å². The summed E-state index contributed by atoms with van der Waals surface area (Å²) in [4.78, 5) is 10.0. The zero-order valence-corrected chi connectivity index (χ0v) is 15.0. The summed E-state index contributed by atoms with van der Waals surface area (Å²) in [6, 6.07) is 0.598. The molecule has 0 amide bonds. The first-order chi connectivity index (χ1) is 8.69. The molecule has 0 saturated heterocycles. The highest BCUT2D eigenvalue weighted by atomic mass is 127. The van der Waals surface area contributed by atoms with Crippen molar-refractivity contribution in [1.82, 2.24) is 15.6 Å². The first-order valence-electron chi connectivity index (χ1n) is 6.59.